The Balaban J connectivity index is 3.01. The van der Waals surface area contributed by atoms with Crippen LogP contribution in [0.25, 0.3) is 0 Å². The third kappa shape index (κ3) is 4.92. The molecule has 1 aromatic rings. The first-order valence-electron chi connectivity index (χ1n) is 6.62. The average molecular weight is 338 g/mol. The molecule has 0 bridgehead atoms. The summed E-state index contributed by atoms with van der Waals surface area (Å²) in [6.45, 7) is 4.51. The molecular weight excluding hydrogens is 317 g/mol. The Morgan fingerprint density at radius 1 is 1.25 bits per heavy atom. The minimum Gasteiger partial charge on any atom is -0.312 e. The minimum atomic E-state index is -3.13. The summed E-state index contributed by atoms with van der Waals surface area (Å²) in [5, 5.41) is 3.93. The van der Waals surface area contributed by atoms with E-state index >= 15 is 0 Å². The number of halogens is 2. The van der Waals surface area contributed by atoms with Gasteiger partial charge in [-0.3, -0.25) is 0 Å². The molecule has 0 spiro atoms. The average Bonchev–Trinajstić information content (AvgIpc) is 2.35. The summed E-state index contributed by atoms with van der Waals surface area (Å²) in [4.78, 5) is 0. The highest BCUT2D eigenvalue weighted by atomic mass is 35.5. The summed E-state index contributed by atoms with van der Waals surface area (Å²) < 4.78 is 23.6. The molecular formula is C14H21Cl2NO2S. The van der Waals surface area contributed by atoms with Crippen LogP contribution in [0, 0.1) is 0 Å². The standard InChI is InChI=1S/C14H21Cl2NO2S/c1-4-8-17-14(10(2)20(3,18)19)9-11-12(15)6-5-7-13(11)16/h5-7,10,14,17H,4,8-9H2,1-3H3. The number of sulfone groups is 1. The van der Waals surface area contributed by atoms with Crippen LogP contribution in [0.5, 0.6) is 0 Å². The second-order valence-corrected chi connectivity index (χ2v) is 8.22. The van der Waals surface area contributed by atoms with Gasteiger partial charge in [-0.15, -0.1) is 0 Å². The maximum absolute atomic E-state index is 11.8. The van der Waals surface area contributed by atoms with E-state index < -0.39 is 15.1 Å². The molecule has 2 atom stereocenters. The number of hydrogen-bond acceptors (Lipinski definition) is 3. The lowest BCUT2D eigenvalue weighted by Crippen LogP contribution is -2.44. The molecule has 0 aromatic heterocycles. The summed E-state index contributed by atoms with van der Waals surface area (Å²) >= 11 is 12.3. The van der Waals surface area contributed by atoms with Crippen molar-refractivity contribution in [1.82, 2.24) is 5.32 Å². The third-order valence-electron chi connectivity index (χ3n) is 3.38. The zero-order valence-corrected chi connectivity index (χ0v) is 14.3. The number of benzene rings is 1. The molecule has 6 heteroatoms. The maximum atomic E-state index is 11.8. The number of rotatable bonds is 7. The van der Waals surface area contributed by atoms with Gasteiger partial charge in [-0.2, -0.15) is 0 Å². The third-order valence-corrected chi connectivity index (χ3v) is 5.77. The van der Waals surface area contributed by atoms with Gasteiger partial charge in [0.05, 0.1) is 5.25 Å². The Kier molecular flexibility index (Phi) is 6.79. The molecule has 0 radical (unpaired) electrons. The molecule has 2 unspecified atom stereocenters. The number of nitrogens with one attached hydrogen (secondary N) is 1. The Hall–Kier alpha value is -0.290. The van der Waals surface area contributed by atoms with Gasteiger partial charge in [-0.25, -0.2) is 8.42 Å². The molecule has 0 aliphatic rings. The van der Waals surface area contributed by atoms with Crippen LogP contribution in [0.2, 0.25) is 10.0 Å². The fraction of sp³-hybridized carbons (Fsp3) is 0.571. The monoisotopic (exact) mass is 337 g/mol. The predicted molar refractivity (Wildman–Crippen MR) is 86.6 cm³/mol. The van der Waals surface area contributed by atoms with Gasteiger partial charge >= 0.3 is 0 Å². The van der Waals surface area contributed by atoms with Crippen LogP contribution in [-0.2, 0) is 16.3 Å². The van der Waals surface area contributed by atoms with E-state index in [1.807, 2.05) is 6.92 Å². The maximum Gasteiger partial charge on any atom is 0.151 e. The highest BCUT2D eigenvalue weighted by Crippen LogP contribution is 2.26. The lowest BCUT2D eigenvalue weighted by atomic mass is 10.0. The van der Waals surface area contributed by atoms with Gasteiger partial charge in [-0.1, -0.05) is 36.2 Å². The first-order valence-corrected chi connectivity index (χ1v) is 9.33. The Labute approximate surface area is 131 Å². The van der Waals surface area contributed by atoms with Crippen LogP contribution >= 0.6 is 23.2 Å². The second kappa shape index (κ2) is 7.64. The van der Waals surface area contributed by atoms with Crippen molar-refractivity contribution in [3.8, 4) is 0 Å². The molecule has 0 saturated heterocycles. The highest BCUT2D eigenvalue weighted by Gasteiger charge is 2.26. The molecule has 0 aliphatic heterocycles. The minimum absolute atomic E-state index is 0.206. The fourth-order valence-electron chi connectivity index (χ4n) is 1.98. The number of hydrogen-bond donors (Lipinski definition) is 1. The Bertz CT molecular complexity index is 526. The lowest BCUT2D eigenvalue weighted by molar-refractivity contribution is 0.482. The highest BCUT2D eigenvalue weighted by molar-refractivity contribution is 7.91. The molecule has 3 nitrogen and oxygen atoms in total. The Morgan fingerprint density at radius 3 is 2.25 bits per heavy atom. The van der Waals surface area contributed by atoms with E-state index in [2.05, 4.69) is 5.32 Å². The van der Waals surface area contributed by atoms with Crippen LogP contribution in [-0.4, -0.2) is 32.5 Å². The summed E-state index contributed by atoms with van der Waals surface area (Å²) in [7, 11) is -3.13. The smallest absolute Gasteiger partial charge is 0.151 e. The van der Waals surface area contributed by atoms with Crippen LogP contribution in [0.1, 0.15) is 25.8 Å². The molecule has 0 amide bonds. The molecule has 0 saturated carbocycles. The van der Waals surface area contributed by atoms with Crippen LogP contribution in [0.4, 0.5) is 0 Å². The largest absolute Gasteiger partial charge is 0.312 e. The fourth-order valence-corrected chi connectivity index (χ4v) is 3.32. The molecule has 20 heavy (non-hydrogen) atoms. The summed E-state index contributed by atoms with van der Waals surface area (Å²) in [5.41, 5.74) is 0.792. The van der Waals surface area contributed by atoms with Gasteiger partial charge in [-0.05, 0) is 44.0 Å². The molecule has 114 valence electrons. The van der Waals surface area contributed by atoms with Crippen molar-refractivity contribution in [2.24, 2.45) is 0 Å². The molecule has 1 N–H and O–H groups in total. The quantitative estimate of drug-likeness (QED) is 0.829. The SMILES string of the molecule is CCCNC(Cc1c(Cl)cccc1Cl)C(C)S(C)(=O)=O. The van der Waals surface area contributed by atoms with Gasteiger partial charge in [0.25, 0.3) is 0 Å². The van der Waals surface area contributed by atoms with Crippen molar-refractivity contribution in [2.45, 2.75) is 38.0 Å². The Morgan fingerprint density at radius 2 is 1.80 bits per heavy atom. The van der Waals surface area contributed by atoms with E-state index in [9.17, 15) is 8.42 Å². The predicted octanol–water partition coefficient (Wildman–Crippen LogP) is 3.34. The molecule has 0 fully saturated rings. The van der Waals surface area contributed by atoms with Crippen molar-refractivity contribution in [1.29, 1.82) is 0 Å². The van der Waals surface area contributed by atoms with E-state index in [0.29, 0.717) is 16.5 Å². The zero-order valence-electron chi connectivity index (χ0n) is 12.0. The van der Waals surface area contributed by atoms with Crippen molar-refractivity contribution in [3.63, 3.8) is 0 Å². The van der Waals surface area contributed by atoms with Gasteiger partial charge in [0.15, 0.2) is 9.84 Å². The second-order valence-electron chi connectivity index (χ2n) is 5.00. The van der Waals surface area contributed by atoms with E-state index in [1.165, 1.54) is 6.26 Å². The van der Waals surface area contributed by atoms with Gasteiger partial charge < -0.3 is 5.32 Å². The summed E-state index contributed by atoms with van der Waals surface area (Å²) in [5.74, 6) is 0. The molecule has 1 aromatic carbocycles. The van der Waals surface area contributed by atoms with Crippen molar-refractivity contribution >= 4 is 33.0 Å². The van der Waals surface area contributed by atoms with Crippen molar-refractivity contribution in [2.75, 3.05) is 12.8 Å². The van der Waals surface area contributed by atoms with E-state index in [-0.39, 0.29) is 6.04 Å². The van der Waals surface area contributed by atoms with Crippen molar-refractivity contribution < 1.29 is 8.42 Å². The van der Waals surface area contributed by atoms with Gasteiger partial charge in [0.2, 0.25) is 0 Å². The first-order chi connectivity index (χ1) is 9.27. The summed E-state index contributed by atoms with van der Waals surface area (Å²) in [6.07, 6.45) is 2.68. The normalized spacial score (nSPS) is 15.1. The van der Waals surface area contributed by atoms with Gasteiger partial charge in [0.1, 0.15) is 0 Å². The van der Waals surface area contributed by atoms with E-state index in [0.717, 1.165) is 18.5 Å². The molecule has 1 rings (SSSR count). The first kappa shape index (κ1) is 17.8. The van der Waals surface area contributed by atoms with Crippen LogP contribution in [0.15, 0.2) is 18.2 Å². The van der Waals surface area contributed by atoms with Crippen LogP contribution in [0.3, 0.4) is 0 Å². The van der Waals surface area contributed by atoms with Crippen LogP contribution < -0.4 is 5.32 Å². The molecule has 0 aliphatic carbocycles. The lowest BCUT2D eigenvalue weighted by Gasteiger charge is -2.25. The molecule has 0 heterocycles. The van der Waals surface area contributed by atoms with E-state index in [1.54, 1.807) is 25.1 Å². The van der Waals surface area contributed by atoms with Gasteiger partial charge in [0, 0.05) is 22.3 Å². The zero-order chi connectivity index (χ0) is 15.3. The van der Waals surface area contributed by atoms with E-state index in [4.69, 9.17) is 23.2 Å². The summed E-state index contributed by atoms with van der Waals surface area (Å²) in [6, 6.07) is 5.11. The topological polar surface area (TPSA) is 46.2 Å². The van der Waals surface area contributed by atoms with Crippen molar-refractivity contribution in [3.05, 3.63) is 33.8 Å².